The summed E-state index contributed by atoms with van der Waals surface area (Å²) in [4.78, 5) is 40.7. The smallest absolute Gasteiger partial charge is 0.246 e. The summed E-state index contributed by atoms with van der Waals surface area (Å²) >= 11 is 6.49. The van der Waals surface area contributed by atoms with Crippen molar-refractivity contribution in [3.05, 3.63) is 59.3 Å². The van der Waals surface area contributed by atoms with E-state index in [1.807, 2.05) is 50.5 Å². The first kappa shape index (κ1) is 28.4. The van der Waals surface area contributed by atoms with Crippen LogP contribution in [-0.4, -0.2) is 55.9 Å². The molecular formula is C29H32ClFN8O2. The van der Waals surface area contributed by atoms with Crippen LogP contribution in [0.2, 0.25) is 5.02 Å². The molecule has 0 radical (unpaired) electrons. The molecule has 0 atom stereocenters. The zero-order valence-corrected chi connectivity index (χ0v) is 24.3. The minimum absolute atomic E-state index is 0.0122. The Morgan fingerprint density at radius 3 is 2.46 bits per heavy atom. The summed E-state index contributed by atoms with van der Waals surface area (Å²) in [6.07, 6.45) is 1.46. The Morgan fingerprint density at radius 2 is 1.85 bits per heavy atom. The van der Waals surface area contributed by atoms with Gasteiger partial charge in [0.05, 0.1) is 28.0 Å². The average Bonchev–Trinajstić information content (AvgIpc) is 3.32. The van der Waals surface area contributed by atoms with Gasteiger partial charge < -0.3 is 25.4 Å². The van der Waals surface area contributed by atoms with Crippen molar-refractivity contribution in [3.63, 3.8) is 0 Å². The van der Waals surface area contributed by atoms with E-state index in [4.69, 9.17) is 17.3 Å². The lowest BCUT2D eigenvalue weighted by Gasteiger charge is -2.33. The predicted octanol–water partition coefficient (Wildman–Crippen LogP) is 5.00. The molecule has 12 heteroatoms. The van der Waals surface area contributed by atoms with E-state index in [9.17, 15) is 9.59 Å². The molecule has 1 aliphatic rings. The van der Waals surface area contributed by atoms with E-state index in [-0.39, 0.29) is 40.9 Å². The Labute approximate surface area is 242 Å². The number of nitrogens with zero attached hydrogens (tertiary/aromatic N) is 6. The van der Waals surface area contributed by atoms with E-state index in [2.05, 4.69) is 20.3 Å². The Morgan fingerprint density at radius 1 is 1.15 bits per heavy atom. The van der Waals surface area contributed by atoms with Crippen LogP contribution in [0.1, 0.15) is 46.5 Å². The molecule has 2 amide bonds. The third-order valence-corrected chi connectivity index (χ3v) is 7.24. The monoisotopic (exact) mass is 578 g/mol. The number of nitrogens with two attached hydrogens (primary N) is 1. The maximum absolute atomic E-state index is 15.4. The highest BCUT2D eigenvalue weighted by molar-refractivity contribution is 6.33. The highest BCUT2D eigenvalue weighted by Gasteiger charge is 2.28. The summed E-state index contributed by atoms with van der Waals surface area (Å²) in [7, 11) is 0. The lowest BCUT2D eigenvalue weighted by Crippen LogP contribution is -2.51. The number of imidazole rings is 1. The lowest BCUT2D eigenvalue weighted by molar-refractivity contribution is -0.135. The summed E-state index contributed by atoms with van der Waals surface area (Å²) in [6, 6.07) is 10.4. The number of hydrogen-bond donors (Lipinski definition) is 2. The van der Waals surface area contributed by atoms with Gasteiger partial charge in [-0.1, -0.05) is 11.6 Å². The van der Waals surface area contributed by atoms with Crippen molar-refractivity contribution < 1.29 is 14.0 Å². The Hall–Kier alpha value is -4.09. The third-order valence-electron chi connectivity index (χ3n) is 6.96. The molecule has 1 fully saturated rings. The minimum Gasteiger partial charge on any atom is -0.332 e. The number of fused-ring (bicyclic) bond motifs is 1. The molecule has 3 heterocycles. The molecule has 214 valence electrons. The molecule has 41 heavy (non-hydrogen) atoms. The van der Waals surface area contributed by atoms with Crippen molar-refractivity contribution in [2.24, 2.45) is 5.73 Å². The fourth-order valence-corrected chi connectivity index (χ4v) is 5.17. The summed E-state index contributed by atoms with van der Waals surface area (Å²) in [5.74, 6) is 0.103. The van der Waals surface area contributed by atoms with Gasteiger partial charge in [-0.25, -0.2) is 19.3 Å². The van der Waals surface area contributed by atoms with Crippen molar-refractivity contribution in [2.45, 2.75) is 46.2 Å². The molecule has 1 aliphatic heterocycles. The molecule has 2 aromatic carbocycles. The maximum Gasteiger partial charge on any atom is 0.246 e. The first-order valence-corrected chi connectivity index (χ1v) is 13.7. The average molecular weight is 579 g/mol. The van der Waals surface area contributed by atoms with Crippen LogP contribution in [0.3, 0.4) is 0 Å². The van der Waals surface area contributed by atoms with Gasteiger partial charge in [-0.3, -0.25) is 9.59 Å². The van der Waals surface area contributed by atoms with Gasteiger partial charge in [0, 0.05) is 43.0 Å². The van der Waals surface area contributed by atoms with Gasteiger partial charge in [0.2, 0.25) is 17.8 Å². The molecule has 0 unspecified atom stereocenters. The van der Waals surface area contributed by atoms with Crippen LogP contribution in [0.5, 0.6) is 0 Å². The number of carbonyl (C=O) groups is 2. The van der Waals surface area contributed by atoms with Gasteiger partial charge in [0.25, 0.3) is 0 Å². The van der Waals surface area contributed by atoms with Crippen LogP contribution in [0.15, 0.2) is 42.6 Å². The Balaban J connectivity index is 1.43. The standard InChI is InChI=1S/C29H32ClFN8O2/c1-16(2)39-23-13-18(12-22(31)26(23)35-27(39)29(4,5)32)25-21(30)14-33-28(36-25)34-19-6-8-20(9-7-19)38-11-10-37(17(3)40)15-24(38)41/h6-9,12-14,16H,10-11,15,32H2,1-5H3,(H,33,34,36). The van der Waals surface area contributed by atoms with Crippen molar-refractivity contribution >= 4 is 51.8 Å². The lowest BCUT2D eigenvalue weighted by atomic mass is 10.1. The number of nitrogens with one attached hydrogen (secondary N) is 1. The predicted molar refractivity (Wildman–Crippen MR) is 158 cm³/mol. The molecule has 3 N–H and O–H groups in total. The molecule has 5 rings (SSSR count). The van der Waals surface area contributed by atoms with Crippen LogP contribution < -0.4 is 16.0 Å². The van der Waals surface area contributed by atoms with Gasteiger partial charge in [0.1, 0.15) is 17.9 Å². The van der Waals surface area contributed by atoms with Crippen molar-refractivity contribution in [1.82, 2.24) is 24.4 Å². The molecule has 4 aromatic rings. The first-order chi connectivity index (χ1) is 19.3. The van der Waals surface area contributed by atoms with E-state index in [0.717, 1.165) is 5.69 Å². The first-order valence-electron chi connectivity index (χ1n) is 13.3. The Kier molecular flexibility index (Phi) is 7.43. The molecule has 10 nitrogen and oxygen atoms in total. The number of aromatic nitrogens is 4. The van der Waals surface area contributed by atoms with E-state index in [0.29, 0.717) is 41.4 Å². The SMILES string of the molecule is CC(=O)N1CCN(c2ccc(Nc3ncc(Cl)c(-c4cc(F)c5nc(C(C)(C)N)n(C(C)C)c5c4)n3)cc2)C(=O)C1. The van der Waals surface area contributed by atoms with Gasteiger partial charge in [-0.15, -0.1) is 0 Å². The highest BCUT2D eigenvalue weighted by Crippen LogP contribution is 2.34. The molecular weight excluding hydrogens is 547 g/mol. The number of anilines is 3. The molecule has 0 aliphatic carbocycles. The molecule has 0 saturated carbocycles. The van der Waals surface area contributed by atoms with Crippen LogP contribution in [0.4, 0.5) is 21.7 Å². The van der Waals surface area contributed by atoms with E-state index in [1.165, 1.54) is 24.1 Å². The number of halogens is 2. The van der Waals surface area contributed by atoms with Gasteiger partial charge in [-0.05, 0) is 64.1 Å². The summed E-state index contributed by atoms with van der Waals surface area (Å²) in [5, 5.41) is 3.41. The van der Waals surface area contributed by atoms with Crippen LogP contribution in [-0.2, 0) is 15.1 Å². The van der Waals surface area contributed by atoms with Crippen molar-refractivity contribution in [2.75, 3.05) is 29.9 Å². The molecule has 0 spiro atoms. The Bertz CT molecular complexity index is 1650. The van der Waals surface area contributed by atoms with Crippen LogP contribution in [0, 0.1) is 5.82 Å². The summed E-state index contributed by atoms with van der Waals surface area (Å²) < 4.78 is 17.3. The van der Waals surface area contributed by atoms with Gasteiger partial charge >= 0.3 is 0 Å². The number of hydrogen-bond acceptors (Lipinski definition) is 7. The van der Waals surface area contributed by atoms with Gasteiger partial charge in [0.15, 0.2) is 5.82 Å². The highest BCUT2D eigenvalue weighted by atomic mass is 35.5. The number of rotatable bonds is 6. The number of amides is 2. The topological polar surface area (TPSA) is 122 Å². The second-order valence-corrected chi connectivity index (χ2v) is 11.4. The molecule has 1 saturated heterocycles. The summed E-state index contributed by atoms with van der Waals surface area (Å²) in [5.41, 5.74) is 8.68. The van der Waals surface area contributed by atoms with E-state index < -0.39 is 11.4 Å². The number of carbonyl (C=O) groups excluding carboxylic acids is 2. The van der Waals surface area contributed by atoms with Crippen molar-refractivity contribution in [3.8, 4) is 11.3 Å². The quantitative estimate of drug-likeness (QED) is 0.330. The van der Waals surface area contributed by atoms with E-state index >= 15 is 4.39 Å². The normalized spacial score (nSPS) is 14.3. The van der Waals surface area contributed by atoms with Crippen molar-refractivity contribution in [1.29, 1.82) is 0 Å². The fraction of sp³-hybridized carbons (Fsp3) is 0.345. The zero-order valence-electron chi connectivity index (χ0n) is 23.6. The fourth-order valence-electron chi connectivity index (χ4n) is 4.97. The third kappa shape index (κ3) is 5.59. The summed E-state index contributed by atoms with van der Waals surface area (Å²) in [6.45, 7) is 10.1. The second-order valence-electron chi connectivity index (χ2n) is 11.0. The second kappa shape index (κ2) is 10.7. The molecule has 2 aromatic heterocycles. The van der Waals surface area contributed by atoms with Crippen LogP contribution in [0.25, 0.3) is 22.3 Å². The minimum atomic E-state index is -0.773. The van der Waals surface area contributed by atoms with Crippen LogP contribution >= 0.6 is 11.6 Å². The van der Waals surface area contributed by atoms with E-state index in [1.54, 1.807) is 17.0 Å². The number of benzene rings is 2. The maximum atomic E-state index is 15.4. The zero-order chi connectivity index (χ0) is 29.6. The molecule has 0 bridgehead atoms. The largest absolute Gasteiger partial charge is 0.332 e. The van der Waals surface area contributed by atoms with Gasteiger partial charge in [-0.2, -0.15) is 0 Å². The number of piperazine rings is 1.